The van der Waals surface area contributed by atoms with E-state index in [0.29, 0.717) is 10.7 Å². The second kappa shape index (κ2) is 7.81. The molecular formula is C20H15FN4O3S2. The average Bonchev–Trinajstić information content (AvgIpc) is 3.08. The molecule has 10 heteroatoms. The summed E-state index contributed by atoms with van der Waals surface area (Å²) < 4.78 is 41.7. The van der Waals surface area contributed by atoms with Crippen LogP contribution in [-0.4, -0.2) is 24.3 Å². The third-order valence-corrected chi connectivity index (χ3v) is 6.41. The largest absolute Gasteiger partial charge is 0.302 e. The molecule has 4 aromatic rings. The number of thiazole rings is 1. The predicted octanol–water partition coefficient (Wildman–Crippen LogP) is 4.26. The number of pyridine rings is 1. The number of halogens is 1. The van der Waals surface area contributed by atoms with Gasteiger partial charge >= 0.3 is 0 Å². The zero-order valence-corrected chi connectivity index (χ0v) is 17.2. The zero-order valence-electron chi connectivity index (χ0n) is 15.6. The fourth-order valence-corrected chi connectivity index (χ4v) is 4.83. The second-order valence-electron chi connectivity index (χ2n) is 6.41. The fourth-order valence-electron chi connectivity index (χ4n) is 2.81. The Morgan fingerprint density at radius 3 is 2.67 bits per heavy atom. The van der Waals surface area contributed by atoms with Crippen molar-refractivity contribution in [3.63, 3.8) is 0 Å². The normalized spacial score (nSPS) is 11.4. The van der Waals surface area contributed by atoms with Crippen molar-refractivity contribution < 1.29 is 17.6 Å². The van der Waals surface area contributed by atoms with Gasteiger partial charge in [-0.2, -0.15) is 0 Å². The van der Waals surface area contributed by atoms with Gasteiger partial charge in [-0.1, -0.05) is 23.5 Å². The van der Waals surface area contributed by atoms with Crippen molar-refractivity contribution in [2.24, 2.45) is 0 Å². The van der Waals surface area contributed by atoms with Crippen molar-refractivity contribution in [2.75, 3.05) is 10.0 Å². The van der Waals surface area contributed by atoms with Gasteiger partial charge in [0.1, 0.15) is 5.82 Å². The van der Waals surface area contributed by atoms with Crippen LogP contribution in [0.15, 0.2) is 65.8 Å². The van der Waals surface area contributed by atoms with Crippen molar-refractivity contribution in [3.8, 4) is 11.1 Å². The van der Waals surface area contributed by atoms with Crippen molar-refractivity contribution in [1.29, 1.82) is 0 Å². The molecule has 0 bridgehead atoms. The number of nitrogens with one attached hydrogen (secondary N) is 2. The minimum Gasteiger partial charge on any atom is -0.302 e. The molecule has 0 saturated carbocycles. The molecule has 7 nitrogen and oxygen atoms in total. The molecule has 0 unspecified atom stereocenters. The van der Waals surface area contributed by atoms with Gasteiger partial charge in [-0.25, -0.2) is 17.8 Å². The van der Waals surface area contributed by atoms with E-state index in [-0.39, 0.29) is 16.5 Å². The highest BCUT2D eigenvalue weighted by Gasteiger charge is 2.15. The molecule has 0 atom stereocenters. The highest BCUT2D eigenvalue weighted by molar-refractivity contribution is 7.92. The lowest BCUT2D eigenvalue weighted by Gasteiger charge is -2.09. The van der Waals surface area contributed by atoms with Gasteiger partial charge in [-0.3, -0.25) is 14.5 Å². The van der Waals surface area contributed by atoms with Gasteiger partial charge in [-0.15, -0.1) is 0 Å². The number of amides is 1. The van der Waals surface area contributed by atoms with Gasteiger partial charge in [-0.05, 0) is 42.0 Å². The quantitative estimate of drug-likeness (QED) is 0.481. The Morgan fingerprint density at radius 1 is 1.07 bits per heavy atom. The van der Waals surface area contributed by atoms with Crippen LogP contribution in [0, 0.1) is 5.82 Å². The highest BCUT2D eigenvalue weighted by Crippen LogP contribution is 2.31. The molecule has 2 N–H and O–H groups in total. The molecule has 0 spiro atoms. The van der Waals surface area contributed by atoms with Crippen LogP contribution < -0.4 is 10.0 Å². The summed E-state index contributed by atoms with van der Waals surface area (Å²) in [5.74, 6) is -0.835. The van der Waals surface area contributed by atoms with Crippen LogP contribution in [0.1, 0.15) is 6.92 Å². The first kappa shape index (κ1) is 19.9. The molecule has 0 aliphatic rings. The van der Waals surface area contributed by atoms with Gasteiger partial charge in [0.2, 0.25) is 5.91 Å². The van der Waals surface area contributed by atoms with E-state index < -0.39 is 15.8 Å². The van der Waals surface area contributed by atoms with Gasteiger partial charge in [0.05, 0.1) is 27.0 Å². The lowest BCUT2D eigenvalue weighted by atomic mass is 10.1. The zero-order chi connectivity index (χ0) is 21.3. The third kappa shape index (κ3) is 4.29. The van der Waals surface area contributed by atoms with Crippen LogP contribution in [0.4, 0.5) is 15.2 Å². The van der Waals surface area contributed by atoms with E-state index in [0.717, 1.165) is 21.8 Å². The number of anilines is 2. The standard InChI is InChI=1S/C20H15FN4O3S2/c1-12(26)23-20-24-18-6-5-13(8-19(18)29-20)14-7-16(11-22-10-14)25-30(27,28)17-4-2-3-15(21)9-17/h2-11,25H,1H3,(H,23,24,26). The Bertz CT molecular complexity index is 1370. The number of sulfonamides is 1. The van der Waals surface area contributed by atoms with Crippen LogP contribution in [0.25, 0.3) is 21.3 Å². The molecule has 30 heavy (non-hydrogen) atoms. The summed E-state index contributed by atoms with van der Waals surface area (Å²) in [6.45, 7) is 1.42. The van der Waals surface area contributed by atoms with Crippen LogP contribution in [0.2, 0.25) is 0 Å². The van der Waals surface area contributed by atoms with E-state index in [4.69, 9.17) is 0 Å². The van der Waals surface area contributed by atoms with Gasteiger partial charge in [0, 0.05) is 18.7 Å². The molecule has 4 rings (SSSR count). The van der Waals surface area contributed by atoms with Crippen LogP contribution in [0.5, 0.6) is 0 Å². The Balaban J connectivity index is 1.64. The van der Waals surface area contributed by atoms with Crippen molar-refractivity contribution in [2.45, 2.75) is 11.8 Å². The molecule has 152 valence electrons. The summed E-state index contributed by atoms with van der Waals surface area (Å²) in [5.41, 5.74) is 2.48. The van der Waals surface area contributed by atoms with E-state index in [1.165, 1.54) is 42.7 Å². The number of rotatable bonds is 5. The molecule has 0 aliphatic heterocycles. The molecule has 0 saturated heterocycles. The number of fused-ring (bicyclic) bond motifs is 1. The second-order valence-corrected chi connectivity index (χ2v) is 9.12. The Morgan fingerprint density at radius 2 is 1.90 bits per heavy atom. The average molecular weight is 442 g/mol. The minimum atomic E-state index is -3.96. The first-order valence-corrected chi connectivity index (χ1v) is 11.0. The molecule has 2 aromatic heterocycles. The highest BCUT2D eigenvalue weighted by atomic mass is 32.2. The first-order chi connectivity index (χ1) is 14.3. The third-order valence-electron chi connectivity index (χ3n) is 4.10. The maximum atomic E-state index is 13.4. The number of carbonyl (C=O) groups excluding carboxylic acids is 1. The van der Waals surface area contributed by atoms with E-state index in [1.807, 2.05) is 18.2 Å². The minimum absolute atomic E-state index is 0.176. The number of aromatic nitrogens is 2. The first-order valence-electron chi connectivity index (χ1n) is 8.72. The molecule has 0 fully saturated rings. The van der Waals surface area contributed by atoms with E-state index in [2.05, 4.69) is 20.0 Å². The molecule has 0 aliphatic carbocycles. The summed E-state index contributed by atoms with van der Waals surface area (Å²) in [4.78, 5) is 19.5. The van der Waals surface area contributed by atoms with E-state index in [9.17, 15) is 17.6 Å². The smallest absolute Gasteiger partial charge is 0.262 e. The number of benzene rings is 2. The van der Waals surface area contributed by atoms with Crippen LogP contribution in [-0.2, 0) is 14.8 Å². The monoisotopic (exact) mass is 442 g/mol. The van der Waals surface area contributed by atoms with E-state index in [1.54, 1.807) is 12.3 Å². The number of hydrogen-bond donors (Lipinski definition) is 2. The van der Waals surface area contributed by atoms with Crippen molar-refractivity contribution >= 4 is 48.3 Å². The van der Waals surface area contributed by atoms with Gasteiger partial charge in [0.25, 0.3) is 10.0 Å². The van der Waals surface area contributed by atoms with Gasteiger partial charge < -0.3 is 5.32 Å². The lowest BCUT2D eigenvalue weighted by Crippen LogP contribution is -2.13. The van der Waals surface area contributed by atoms with E-state index >= 15 is 0 Å². The van der Waals surface area contributed by atoms with Crippen molar-refractivity contribution in [3.05, 3.63) is 66.7 Å². The Hall–Kier alpha value is -3.37. The van der Waals surface area contributed by atoms with Gasteiger partial charge in [0.15, 0.2) is 5.13 Å². The lowest BCUT2D eigenvalue weighted by molar-refractivity contribution is -0.114. The SMILES string of the molecule is CC(=O)Nc1nc2ccc(-c3cncc(NS(=O)(=O)c4cccc(F)c4)c3)cc2s1. The Labute approximate surface area is 175 Å². The number of hydrogen-bond acceptors (Lipinski definition) is 6. The Kier molecular flexibility index (Phi) is 5.18. The predicted molar refractivity (Wildman–Crippen MR) is 114 cm³/mol. The van der Waals surface area contributed by atoms with Crippen molar-refractivity contribution in [1.82, 2.24) is 9.97 Å². The molecular weight excluding hydrogens is 427 g/mol. The molecule has 2 heterocycles. The van der Waals surface area contributed by atoms with Crippen LogP contribution >= 0.6 is 11.3 Å². The number of carbonyl (C=O) groups is 1. The summed E-state index contributed by atoms with van der Waals surface area (Å²) in [6.07, 6.45) is 2.98. The molecule has 1 amide bonds. The molecule has 2 aromatic carbocycles. The summed E-state index contributed by atoms with van der Waals surface area (Å²) >= 11 is 1.34. The number of nitrogens with zero attached hydrogens (tertiary/aromatic N) is 2. The maximum Gasteiger partial charge on any atom is 0.262 e. The summed E-state index contributed by atoms with van der Waals surface area (Å²) in [7, 11) is -3.96. The fraction of sp³-hybridized carbons (Fsp3) is 0.0500. The summed E-state index contributed by atoms with van der Waals surface area (Å²) in [6, 6.07) is 11.9. The van der Waals surface area contributed by atoms with Crippen LogP contribution in [0.3, 0.4) is 0 Å². The maximum absolute atomic E-state index is 13.4. The molecule has 0 radical (unpaired) electrons. The summed E-state index contributed by atoms with van der Waals surface area (Å²) in [5, 5.41) is 3.16. The topological polar surface area (TPSA) is 101 Å².